The fraction of sp³-hybridized carbons (Fsp3) is 0.300. The van der Waals surface area contributed by atoms with Crippen molar-refractivity contribution >= 4 is 11.8 Å². The monoisotopic (exact) mass is 310 g/mol. The summed E-state index contributed by atoms with van der Waals surface area (Å²) in [6.45, 7) is 6.38. The number of hydrogen-bond donors (Lipinski definition) is 2. The first-order valence-corrected chi connectivity index (χ1v) is 7.94. The molecule has 1 aliphatic carbocycles. The standard InChI is InChI=1S/C20H22O3/c1-12-9-16(23-8-7-14(3)21)10-13(2)19(12)17-6-4-5-15-11-18(22)20(15)17/h4-6,9-11,14,21-22H,7-8H2,1-3H3/t14-/m1/s1. The molecule has 3 heteroatoms. The summed E-state index contributed by atoms with van der Waals surface area (Å²) in [6, 6.07) is 10.1. The van der Waals surface area contributed by atoms with E-state index in [1.54, 1.807) is 13.0 Å². The molecule has 0 unspecified atom stereocenters. The van der Waals surface area contributed by atoms with E-state index in [-0.39, 0.29) is 6.10 Å². The highest BCUT2D eigenvalue weighted by Crippen LogP contribution is 2.41. The summed E-state index contributed by atoms with van der Waals surface area (Å²) in [5.41, 5.74) is 6.45. The smallest absolute Gasteiger partial charge is 0.124 e. The van der Waals surface area contributed by atoms with Crippen molar-refractivity contribution in [2.45, 2.75) is 33.3 Å². The van der Waals surface area contributed by atoms with E-state index in [0.29, 0.717) is 18.8 Å². The zero-order chi connectivity index (χ0) is 16.6. The maximum atomic E-state index is 9.96. The molecule has 2 N–H and O–H groups in total. The number of rotatable bonds is 5. The van der Waals surface area contributed by atoms with Crippen molar-refractivity contribution in [1.29, 1.82) is 0 Å². The average molecular weight is 310 g/mol. The number of benzene rings is 2. The average Bonchev–Trinajstić information content (AvgIpc) is 2.44. The highest BCUT2D eigenvalue weighted by molar-refractivity contribution is 5.99. The molecule has 1 atom stereocenters. The van der Waals surface area contributed by atoms with Gasteiger partial charge in [-0.25, -0.2) is 0 Å². The summed E-state index contributed by atoms with van der Waals surface area (Å²) in [5, 5.41) is 19.3. The number of aryl methyl sites for hydroxylation is 2. The van der Waals surface area contributed by atoms with Gasteiger partial charge in [0.05, 0.1) is 12.7 Å². The Hall–Kier alpha value is -2.26. The van der Waals surface area contributed by atoms with E-state index in [4.69, 9.17) is 4.74 Å². The third-order valence-corrected chi connectivity index (χ3v) is 4.22. The molecule has 1 aliphatic rings. The number of hydrogen-bond acceptors (Lipinski definition) is 3. The molecule has 0 spiro atoms. The van der Waals surface area contributed by atoms with Crippen LogP contribution in [-0.4, -0.2) is 22.9 Å². The molecule has 0 bridgehead atoms. The molecule has 0 heterocycles. The van der Waals surface area contributed by atoms with Crippen molar-refractivity contribution in [1.82, 2.24) is 0 Å². The van der Waals surface area contributed by atoms with Crippen molar-refractivity contribution in [3.05, 3.63) is 52.6 Å². The summed E-state index contributed by atoms with van der Waals surface area (Å²) in [4.78, 5) is 0. The van der Waals surface area contributed by atoms with Crippen molar-refractivity contribution in [3.63, 3.8) is 0 Å². The normalized spacial score (nSPS) is 13.8. The van der Waals surface area contributed by atoms with E-state index >= 15 is 0 Å². The second kappa shape index (κ2) is 6.09. The lowest BCUT2D eigenvalue weighted by atomic mass is 9.84. The lowest BCUT2D eigenvalue weighted by Crippen LogP contribution is -2.08. The first-order valence-electron chi connectivity index (χ1n) is 7.94. The predicted molar refractivity (Wildman–Crippen MR) is 93.6 cm³/mol. The van der Waals surface area contributed by atoms with Crippen LogP contribution in [0.15, 0.2) is 30.3 Å². The number of ether oxygens (including phenoxy) is 1. The van der Waals surface area contributed by atoms with Crippen LogP contribution in [0, 0.1) is 13.8 Å². The Morgan fingerprint density at radius 2 is 1.78 bits per heavy atom. The summed E-state index contributed by atoms with van der Waals surface area (Å²) < 4.78 is 5.74. The number of aliphatic hydroxyl groups is 2. The topological polar surface area (TPSA) is 49.7 Å². The van der Waals surface area contributed by atoms with Crippen LogP contribution in [0.3, 0.4) is 0 Å². The molecule has 2 aromatic rings. The molecule has 0 fully saturated rings. The lowest BCUT2D eigenvalue weighted by Gasteiger charge is -2.22. The van der Waals surface area contributed by atoms with E-state index in [9.17, 15) is 10.2 Å². The molecule has 3 rings (SSSR count). The van der Waals surface area contributed by atoms with E-state index in [1.807, 2.05) is 30.3 Å². The minimum absolute atomic E-state index is 0.352. The van der Waals surface area contributed by atoms with Crippen molar-refractivity contribution in [2.24, 2.45) is 0 Å². The van der Waals surface area contributed by atoms with Crippen LogP contribution >= 0.6 is 0 Å². The molecular formula is C20H22O3. The SMILES string of the molecule is Cc1cc(OCC[C@@H](C)O)cc(C)c1-c1cccc2c1C(O)=C2. The van der Waals surface area contributed by atoms with Gasteiger partial charge in [0.1, 0.15) is 11.5 Å². The van der Waals surface area contributed by atoms with Gasteiger partial charge in [-0.05, 0) is 66.8 Å². The van der Waals surface area contributed by atoms with Crippen LogP contribution in [0.4, 0.5) is 0 Å². The first kappa shape index (κ1) is 15.6. The van der Waals surface area contributed by atoms with Gasteiger partial charge in [-0.2, -0.15) is 0 Å². The van der Waals surface area contributed by atoms with Crippen LogP contribution < -0.4 is 4.74 Å². The van der Waals surface area contributed by atoms with Gasteiger partial charge in [0.15, 0.2) is 0 Å². The molecule has 120 valence electrons. The van der Waals surface area contributed by atoms with Crippen molar-refractivity contribution < 1.29 is 14.9 Å². The minimum atomic E-state index is -0.352. The van der Waals surface area contributed by atoms with Gasteiger partial charge in [0, 0.05) is 12.0 Å². The largest absolute Gasteiger partial charge is 0.507 e. The Morgan fingerprint density at radius 3 is 2.39 bits per heavy atom. The third kappa shape index (κ3) is 2.97. The molecule has 3 nitrogen and oxygen atoms in total. The quantitative estimate of drug-likeness (QED) is 0.855. The molecule has 2 aromatic carbocycles. The van der Waals surface area contributed by atoms with E-state index in [2.05, 4.69) is 13.8 Å². The highest BCUT2D eigenvalue weighted by atomic mass is 16.5. The Labute approximate surface area is 136 Å². The second-order valence-corrected chi connectivity index (χ2v) is 6.22. The Kier molecular flexibility index (Phi) is 4.14. The summed E-state index contributed by atoms with van der Waals surface area (Å²) in [6.07, 6.45) is 2.05. The summed E-state index contributed by atoms with van der Waals surface area (Å²) in [5.74, 6) is 1.17. The van der Waals surface area contributed by atoms with Gasteiger partial charge < -0.3 is 14.9 Å². The van der Waals surface area contributed by atoms with Crippen LogP contribution in [0.1, 0.15) is 35.6 Å². The molecular weight excluding hydrogens is 288 g/mol. The molecule has 0 saturated carbocycles. The second-order valence-electron chi connectivity index (χ2n) is 6.22. The summed E-state index contributed by atoms with van der Waals surface area (Å²) >= 11 is 0. The fourth-order valence-corrected chi connectivity index (χ4v) is 3.11. The maximum absolute atomic E-state index is 9.96. The van der Waals surface area contributed by atoms with Gasteiger partial charge in [-0.1, -0.05) is 18.2 Å². The third-order valence-electron chi connectivity index (χ3n) is 4.22. The predicted octanol–water partition coefficient (Wildman–Crippen LogP) is 4.49. The number of fused-ring (bicyclic) bond motifs is 1. The minimum Gasteiger partial charge on any atom is -0.507 e. The van der Waals surface area contributed by atoms with Crippen LogP contribution in [0.5, 0.6) is 5.75 Å². The van der Waals surface area contributed by atoms with Crippen molar-refractivity contribution in [3.8, 4) is 16.9 Å². The fourth-order valence-electron chi connectivity index (χ4n) is 3.11. The van der Waals surface area contributed by atoms with Gasteiger partial charge in [0.2, 0.25) is 0 Å². The first-order chi connectivity index (χ1) is 11.0. The van der Waals surface area contributed by atoms with E-state index in [0.717, 1.165) is 39.1 Å². The zero-order valence-electron chi connectivity index (χ0n) is 13.8. The molecule has 23 heavy (non-hydrogen) atoms. The molecule has 0 amide bonds. The Balaban J connectivity index is 1.92. The van der Waals surface area contributed by atoms with Crippen LogP contribution in [-0.2, 0) is 0 Å². The molecule has 0 saturated heterocycles. The van der Waals surface area contributed by atoms with Gasteiger partial charge >= 0.3 is 0 Å². The van der Waals surface area contributed by atoms with Gasteiger partial charge in [-0.15, -0.1) is 0 Å². The van der Waals surface area contributed by atoms with Crippen LogP contribution in [0.25, 0.3) is 23.0 Å². The number of aliphatic hydroxyl groups excluding tert-OH is 2. The van der Waals surface area contributed by atoms with Crippen LogP contribution in [0.2, 0.25) is 0 Å². The molecule has 0 aromatic heterocycles. The van der Waals surface area contributed by atoms with Gasteiger partial charge in [0.25, 0.3) is 0 Å². The van der Waals surface area contributed by atoms with Gasteiger partial charge in [-0.3, -0.25) is 0 Å². The highest BCUT2D eigenvalue weighted by Gasteiger charge is 2.22. The van der Waals surface area contributed by atoms with E-state index < -0.39 is 0 Å². The Bertz CT molecular complexity index is 749. The lowest BCUT2D eigenvalue weighted by molar-refractivity contribution is 0.155. The van der Waals surface area contributed by atoms with Crippen molar-refractivity contribution in [2.75, 3.05) is 6.61 Å². The molecule has 0 aliphatic heterocycles. The summed E-state index contributed by atoms with van der Waals surface area (Å²) in [7, 11) is 0. The van der Waals surface area contributed by atoms with E-state index in [1.165, 1.54) is 0 Å². The Morgan fingerprint density at radius 1 is 1.09 bits per heavy atom. The zero-order valence-corrected chi connectivity index (χ0v) is 13.8. The molecule has 0 radical (unpaired) electrons. The maximum Gasteiger partial charge on any atom is 0.124 e.